The molecule has 0 saturated heterocycles. The summed E-state index contributed by atoms with van der Waals surface area (Å²) in [6.07, 6.45) is 2.94. The number of carbonyl (C=O) groups is 1. The highest BCUT2D eigenvalue weighted by molar-refractivity contribution is 6.04. The Bertz CT molecular complexity index is 171. The molecule has 50 valence electrons. The summed E-state index contributed by atoms with van der Waals surface area (Å²) in [5.41, 5.74) is 5.21. The van der Waals surface area contributed by atoms with E-state index in [4.69, 9.17) is 5.73 Å². The van der Waals surface area contributed by atoms with Crippen molar-refractivity contribution >= 4 is 24.0 Å². The Labute approximate surface area is 59.1 Å². The SMILES string of the molecule is Cl.NC1=NCC(=O)C=C1. The van der Waals surface area contributed by atoms with Gasteiger partial charge in [0.2, 0.25) is 0 Å². The summed E-state index contributed by atoms with van der Waals surface area (Å²) in [5, 5.41) is 0. The maximum Gasteiger partial charge on any atom is 0.177 e. The molecule has 0 fully saturated rings. The largest absolute Gasteiger partial charge is 0.384 e. The number of carbonyl (C=O) groups excluding carboxylic acids is 1. The molecule has 0 saturated carbocycles. The van der Waals surface area contributed by atoms with Crippen LogP contribution in [0.15, 0.2) is 17.1 Å². The summed E-state index contributed by atoms with van der Waals surface area (Å²) in [6, 6.07) is 0. The Morgan fingerprint density at radius 2 is 2.22 bits per heavy atom. The first-order valence-electron chi connectivity index (χ1n) is 2.30. The molecule has 1 rings (SSSR count). The second kappa shape index (κ2) is 3.25. The van der Waals surface area contributed by atoms with Gasteiger partial charge >= 0.3 is 0 Å². The molecule has 1 aliphatic heterocycles. The molecule has 0 amide bonds. The lowest BCUT2D eigenvalue weighted by atomic mass is 10.3. The lowest BCUT2D eigenvalue weighted by Crippen LogP contribution is -2.15. The summed E-state index contributed by atoms with van der Waals surface area (Å²) >= 11 is 0. The highest BCUT2D eigenvalue weighted by Crippen LogP contribution is 1.87. The van der Waals surface area contributed by atoms with Gasteiger partial charge in [0.05, 0.1) is 0 Å². The second-order valence-electron chi connectivity index (χ2n) is 1.54. The molecular weight excluding hydrogens is 140 g/mol. The summed E-state index contributed by atoms with van der Waals surface area (Å²) in [5.74, 6) is 0.448. The molecule has 2 N–H and O–H groups in total. The third kappa shape index (κ3) is 2.28. The second-order valence-corrected chi connectivity index (χ2v) is 1.54. The van der Waals surface area contributed by atoms with Crippen molar-refractivity contribution < 1.29 is 4.79 Å². The van der Waals surface area contributed by atoms with E-state index in [1.807, 2.05) is 0 Å². The van der Waals surface area contributed by atoms with Gasteiger partial charge in [-0.25, -0.2) is 0 Å². The molecule has 9 heavy (non-hydrogen) atoms. The number of dihydropyridines is 1. The Kier molecular flexibility index (Phi) is 2.95. The lowest BCUT2D eigenvalue weighted by Gasteiger charge is -1.96. The number of rotatable bonds is 0. The van der Waals surface area contributed by atoms with E-state index in [2.05, 4.69) is 4.99 Å². The van der Waals surface area contributed by atoms with Gasteiger partial charge in [0.1, 0.15) is 12.4 Å². The van der Waals surface area contributed by atoms with Gasteiger partial charge in [-0.05, 0) is 12.2 Å². The first-order chi connectivity index (χ1) is 3.79. The van der Waals surface area contributed by atoms with Crippen LogP contribution >= 0.6 is 12.4 Å². The summed E-state index contributed by atoms with van der Waals surface area (Å²) in [6.45, 7) is 0.211. The molecule has 0 bridgehead atoms. The van der Waals surface area contributed by atoms with Crippen molar-refractivity contribution in [3.63, 3.8) is 0 Å². The van der Waals surface area contributed by atoms with Crippen LogP contribution in [0.1, 0.15) is 0 Å². The third-order valence-electron chi connectivity index (χ3n) is 0.857. The van der Waals surface area contributed by atoms with Gasteiger partial charge in [0.25, 0.3) is 0 Å². The summed E-state index contributed by atoms with van der Waals surface area (Å²) in [7, 11) is 0. The fourth-order valence-corrected chi connectivity index (χ4v) is 0.453. The van der Waals surface area contributed by atoms with E-state index in [-0.39, 0.29) is 24.7 Å². The van der Waals surface area contributed by atoms with Crippen LogP contribution in [0.2, 0.25) is 0 Å². The van der Waals surface area contributed by atoms with Gasteiger partial charge in [-0.15, -0.1) is 12.4 Å². The average Bonchev–Trinajstić information content (AvgIpc) is 1.77. The van der Waals surface area contributed by atoms with Crippen molar-refractivity contribution in [3.05, 3.63) is 12.2 Å². The van der Waals surface area contributed by atoms with Crippen LogP contribution in [0, 0.1) is 0 Å². The number of nitrogens with zero attached hydrogens (tertiary/aromatic N) is 1. The molecule has 0 aromatic heterocycles. The van der Waals surface area contributed by atoms with Gasteiger partial charge in [-0.2, -0.15) is 0 Å². The highest BCUT2D eigenvalue weighted by atomic mass is 35.5. The number of ketones is 1. The predicted molar refractivity (Wildman–Crippen MR) is 37.9 cm³/mol. The quantitative estimate of drug-likeness (QED) is 0.519. The molecule has 3 nitrogen and oxygen atoms in total. The van der Waals surface area contributed by atoms with Crippen LogP contribution in [-0.4, -0.2) is 18.2 Å². The Morgan fingerprint density at radius 1 is 1.56 bits per heavy atom. The van der Waals surface area contributed by atoms with Gasteiger partial charge in [-0.3, -0.25) is 9.79 Å². The Balaban J connectivity index is 0.000000640. The number of nitrogens with two attached hydrogens (primary N) is 1. The highest BCUT2D eigenvalue weighted by Gasteiger charge is 1.98. The Morgan fingerprint density at radius 3 is 2.56 bits per heavy atom. The zero-order valence-corrected chi connectivity index (χ0v) is 5.52. The molecule has 1 heterocycles. The average molecular weight is 147 g/mol. The first kappa shape index (κ1) is 8.17. The minimum absolute atomic E-state index is 0. The molecule has 0 radical (unpaired) electrons. The van der Waals surface area contributed by atoms with E-state index in [0.717, 1.165) is 0 Å². The van der Waals surface area contributed by atoms with Crippen molar-refractivity contribution in [2.75, 3.05) is 6.54 Å². The van der Waals surface area contributed by atoms with Crippen molar-refractivity contribution in [3.8, 4) is 0 Å². The molecule has 0 aromatic rings. The fourth-order valence-electron chi connectivity index (χ4n) is 0.453. The third-order valence-corrected chi connectivity index (χ3v) is 0.857. The zero-order chi connectivity index (χ0) is 5.98. The van der Waals surface area contributed by atoms with Gasteiger partial charge in [0.15, 0.2) is 5.78 Å². The van der Waals surface area contributed by atoms with Crippen molar-refractivity contribution in [2.24, 2.45) is 10.7 Å². The van der Waals surface area contributed by atoms with E-state index in [1.54, 1.807) is 0 Å². The minimum Gasteiger partial charge on any atom is -0.384 e. The van der Waals surface area contributed by atoms with Crippen molar-refractivity contribution in [1.82, 2.24) is 0 Å². The van der Waals surface area contributed by atoms with E-state index in [0.29, 0.717) is 5.84 Å². The fraction of sp³-hybridized carbons (Fsp3) is 0.200. The first-order valence-corrected chi connectivity index (χ1v) is 2.30. The van der Waals surface area contributed by atoms with Crippen LogP contribution in [0.25, 0.3) is 0 Å². The van der Waals surface area contributed by atoms with Gasteiger partial charge in [-0.1, -0.05) is 0 Å². The van der Waals surface area contributed by atoms with E-state index >= 15 is 0 Å². The Hall–Kier alpha value is -0.830. The van der Waals surface area contributed by atoms with Gasteiger partial charge in [0, 0.05) is 0 Å². The van der Waals surface area contributed by atoms with E-state index in [1.165, 1.54) is 12.2 Å². The van der Waals surface area contributed by atoms with E-state index in [9.17, 15) is 4.79 Å². The molecule has 0 unspecified atom stereocenters. The van der Waals surface area contributed by atoms with Crippen LogP contribution in [-0.2, 0) is 4.79 Å². The molecule has 0 aliphatic carbocycles. The molecule has 4 heteroatoms. The standard InChI is InChI=1S/C5H6N2O.ClH/c6-5-2-1-4(8)3-7-5;/h1-2H,3H2,(H2,6,7);1H. The minimum atomic E-state index is 0. The molecule has 1 aliphatic rings. The van der Waals surface area contributed by atoms with E-state index < -0.39 is 0 Å². The maximum atomic E-state index is 10.4. The van der Waals surface area contributed by atoms with Crippen LogP contribution in [0.5, 0.6) is 0 Å². The monoisotopic (exact) mass is 146 g/mol. The molecule has 0 atom stereocenters. The lowest BCUT2D eigenvalue weighted by molar-refractivity contribution is -0.113. The predicted octanol–water partition coefficient (Wildman–Crippen LogP) is -0.0957. The topological polar surface area (TPSA) is 55.4 Å². The zero-order valence-electron chi connectivity index (χ0n) is 4.70. The number of hydrogen-bond acceptors (Lipinski definition) is 3. The van der Waals surface area contributed by atoms with Crippen molar-refractivity contribution in [2.45, 2.75) is 0 Å². The number of amidine groups is 1. The van der Waals surface area contributed by atoms with Gasteiger partial charge < -0.3 is 5.73 Å². The number of aliphatic imine (C=N–C) groups is 1. The summed E-state index contributed by atoms with van der Waals surface area (Å²) < 4.78 is 0. The maximum absolute atomic E-state index is 10.4. The van der Waals surface area contributed by atoms with Crippen molar-refractivity contribution in [1.29, 1.82) is 0 Å². The van der Waals surface area contributed by atoms with Crippen LogP contribution in [0.3, 0.4) is 0 Å². The summed E-state index contributed by atoms with van der Waals surface area (Å²) in [4.78, 5) is 14.0. The normalized spacial score (nSPS) is 16.4. The number of halogens is 1. The smallest absolute Gasteiger partial charge is 0.177 e. The van der Waals surface area contributed by atoms with Crippen LogP contribution < -0.4 is 5.73 Å². The molecular formula is C5H7ClN2O. The molecule has 0 spiro atoms. The number of hydrogen-bond donors (Lipinski definition) is 1. The molecule has 0 aromatic carbocycles. The van der Waals surface area contributed by atoms with Crippen LogP contribution in [0.4, 0.5) is 0 Å².